The third kappa shape index (κ3) is 59.8. The molecule has 0 aliphatic rings. The summed E-state index contributed by atoms with van der Waals surface area (Å²) in [5.74, 6) is -0.812. The Bertz CT molecular complexity index is 1200. The molecule has 0 rings (SSSR count). The summed E-state index contributed by atoms with van der Waals surface area (Å²) in [5.41, 5.74) is 5.38. The Morgan fingerprint density at radius 2 is 0.671 bits per heavy atom. The van der Waals surface area contributed by atoms with Gasteiger partial charge in [-0.25, -0.2) is 4.57 Å². The van der Waals surface area contributed by atoms with Crippen molar-refractivity contribution >= 4 is 19.8 Å². The number of rotatable bonds is 62. The summed E-state index contributed by atoms with van der Waals surface area (Å²) < 4.78 is 33.1. The summed E-state index contributed by atoms with van der Waals surface area (Å²) >= 11 is 0. The van der Waals surface area contributed by atoms with E-state index in [9.17, 15) is 19.0 Å². The average Bonchev–Trinajstić information content (AvgIpc) is 3.38. The molecule has 2 unspecified atom stereocenters. The van der Waals surface area contributed by atoms with Crippen LogP contribution in [0.15, 0.2) is 12.2 Å². The summed E-state index contributed by atoms with van der Waals surface area (Å²) in [4.78, 5) is 35.2. The summed E-state index contributed by atoms with van der Waals surface area (Å²) in [6.07, 6.45) is 70.2. The lowest BCUT2D eigenvalue weighted by Gasteiger charge is -2.19. The third-order valence-corrected chi connectivity index (χ3v) is 15.6. The van der Waals surface area contributed by atoms with Crippen LogP contribution in [0.25, 0.3) is 0 Å². The number of ether oxygens (including phenoxy) is 2. The van der Waals surface area contributed by atoms with Gasteiger partial charge in [-0.05, 0) is 38.5 Å². The molecule has 0 radical (unpaired) electrons. The van der Waals surface area contributed by atoms with Crippen LogP contribution in [0.4, 0.5) is 0 Å². The normalized spacial score (nSPS) is 13.0. The molecule has 0 saturated carbocycles. The van der Waals surface area contributed by atoms with Crippen LogP contribution in [0.2, 0.25) is 0 Å². The molecule has 0 aromatic rings. The van der Waals surface area contributed by atoms with E-state index in [0.29, 0.717) is 6.42 Å². The maximum Gasteiger partial charge on any atom is 0.472 e. The molecule has 0 heterocycles. The molecule has 0 saturated heterocycles. The van der Waals surface area contributed by atoms with Crippen molar-refractivity contribution in [2.75, 3.05) is 26.4 Å². The van der Waals surface area contributed by atoms with E-state index in [1.807, 2.05) is 0 Å². The Kier molecular flexibility index (Phi) is 59.0. The lowest BCUT2D eigenvalue weighted by atomic mass is 10.0. The molecule has 0 spiro atoms. The van der Waals surface area contributed by atoms with Gasteiger partial charge in [0.15, 0.2) is 6.10 Å². The van der Waals surface area contributed by atoms with Gasteiger partial charge < -0.3 is 20.1 Å². The molecule has 9 nitrogen and oxygen atoms in total. The highest BCUT2D eigenvalue weighted by atomic mass is 31.2. The number of phosphoric ester groups is 1. The van der Waals surface area contributed by atoms with E-state index in [2.05, 4.69) is 26.0 Å². The largest absolute Gasteiger partial charge is 0.472 e. The molecule has 0 aliphatic carbocycles. The number of esters is 2. The Hall–Kier alpha value is -1.25. The zero-order valence-electron chi connectivity index (χ0n) is 48.7. The number of allylic oxidation sites excluding steroid dienone is 2. The second kappa shape index (κ2) is 60.0. The Morgan fingerprint density at radius 3 is 0.973 bits per heavy atom. The van der Waals surface area contributed by atoms with Gasteiger partial charge in [0, 0.05) is 19.4 Å². The van der Waals surface area contributed by atoms with E-state index in [1.54, 1.807) is 0 Å². The SMILES string of the molecule is CCCCCCCC/C=C\CCCCCCCCCC(=O)OC(COC(=O)CCCCCCCCCCCCCCCCCCCCCCCCCCCCCCCCCCCCC)COP(=O)(O)OCCN. The van der Waals surface area contributed by atoms with Crippen molar-refractivity contribution in [3.63, 3.8) is 0 Å². The van der Waals surface area contributed by atoms with E-state index < -0.39 is 26.5 Å². The first-order valence-electron chi connectivity index (χ1n) is 32.2. The van der Waals surface area contributed by atoms with Gasteiger partial charge in [0.05, 0.1) is 13.2 Å². The topological polar surface area (TPSA) is 134 Å². The summed E-state index contributed by atoms with van der Waals surface area (Å²) in [6, 6.07) is 0. The van der Waals surface area contributed by atoms with Crippen LogP contribution in [-0.2, 0) is 32.7 Å². The fourth-order valence-electron chi connectivity index (χ4n) is 9.87. The number of hydrogen-bond acceptors (Lipinski definition) is 8. The molecule has 0 fully saturated rings. The molecular weight excluding hydrogens is 930 g/mol. The average molecular weight is 1050 g/mol. The van der Waals surface area contributed by atoms with Gasteiger partial charge in [-0.2, -0.15) is 0 Å². The maximum atomic E-state index is 12.7. The van der Waals surface area contributed by atoms with Gasteiger partial charge in [0.1, 0.15) is 6.61 Å². The molecule has 0 amide bonds. The molecule has 434 valence electrons. The number of hydrogen-bond donors (Lipinski definition) is 2. The fourth-order valence-corrected chi connectivity index (χ4v) is 10.6. The molecule has 10 heteroatoms. The van der Waals surface area contributed by atoms with Crippen molar-refractivity contribution in [3.05, 3.63) is 12.2 Å². The predicted molar refractivity (Wildman–Crippen MR) is 312 cm³/mol. The van der Waals surface area contributed by atoms with Gasteiger partial charge in [0.25, 0.3) is 0 Å². The molecule has 0 bridgehead atoms. The minimum atomic E-state index is -4.38. The van der Waals surface area contributed by atoms with E-state index >= 15 is 0 Å². The lowest BCUT2D eigenvalue weighted by molar-refractivity contribution is -0.161. The monoisotopic (exact) mass is 1050 g/mol. The first kappa shape index (κ1) is 71.8. The van der Waals surface area contributed by atoms with Gasteiger partial charge in [0.2, 0.25) is 0 Å². The summed E-state index contributed by atoms with van der Waals surface area (Å²) in [6.45, 7) is 3.80. The van der Waals surface area contributed by atoms with Crippen LogP contribution in [-0.4, -0.2) is 49.3 Å². The Labute approximate surface area is 453 Å². The molecule has 0 aliphatic heterocycles. The number of phosphoric acid groups is 1. The standard InChI is InChI=1S/C63H124NO8P/c1-3-5-7-9-11-13-15-17-19-21-22-23-24-25-26-27-28-29-30-31-32-33-34-35-36-37-38-40-41-43-45-47-49-51-53-55-62(65)69-59-61(60-71-73(67,68)70-58-57-64)72-63(66)56-54-52-50-48-46-44-42-39-20-18-16-14-12-10-8-6-4-2/h18,20,61H,3-17,19,21-60,64H2,1-2H3,(H,67,68)/b20-18-. The molecule has 3 N–H and O–H groups in total. The number of nitrogens with two attached hydrogens (primary N) is 1. The van der Waals surface area contributed by atoms with Crippen LogP contribution >= 0.6 is 7.82 Å². The molecular formula is C63H124NO8P. The third-order valence-electron chi connectivity index (χ3n) is 14.7. The van der Waals surface area contributed by atoms with Crippen molar-refractivity contribution in [1.29, 1.82) is 0 Å². The van der Waals surface area contributed by atoms with Crippen molar-refractivity contribution in [3.8, 4) is 0 Å². The molecule has 0 aromatic heterocycles. The van der Waals surface area contributed by atoms with Crippen molar-refractivity contribution in [2.24, 2.45) is 5.73 Å². The highest BCUT2D eigenvalue weighted by Gasteiger charge is 2.26. The second-order valence-electron chi connectivity index (χ2n) is 22.0. The van der Waals surface area contributed by atoms with Crippen LogP contribution in [0.5, 0.6) is 0 Å². The quantitative estimate of drug-likeness (QED) is 0.0264. The van der Waals surface area contributed by atoms with Gasteiger partial charge >= 0.3 is 19.8 Å². The number of unbranched alkanes of at least 4 members (excludes halogenated alkanes) is 47. The zero-order chi connectivity index (χ0) is 53.1. The molecule has 73 heavy (non-hydrogen) atoms. The highest BCUT2D eigenvalue weighted by molar-refractivity contribution is 7.47. The molecule has 0 aromatic carbocycles. The van der Waals surface area contributed by atoms with Crippen LogP contribution in [0, 0.1) is 0 Å². The smallest absolute Gasteiger partial charge is 0.462 e. The Balaban J connectivity index is 3.76. The van der Waals surface area contributed by atoms with Crippen LogP contribution < -0.4 is 5.73 Å². The zero-order valence-corrected chi connectivity index (χ0v) is 49.6. The van der Waals surface area contributed by atoms with E-state index in [4.69, 9.17) is 24.3 Å². The van der Waals surface area contributed by atoms with Crippen molar-refractivity contribution in [1.82, 2.24) is 0 Å². The van der Waals surface area contributed by atoms with Gasteiger partial charge in [-0.1, -0.05) is 309 Å². The number of carbonyl (C=O) groups is 2. The number of carbonyl (C=O) groups excluding carboxylic acids is 2. The fraction of sp³-hybridized carbons (Fsp3) is 0.937. The second-order valence-corrected chi connectivity index (χ2v) is 23.4. The lowest BCUT2D eigenvalue weighted by Crippen LogP contribution is -2.29. The minimum Gasteiger partial charge on any atom is -0.462 e. The van der Waals surface area contributed by atoms with Gasteiger partial charge in [-0.3, -0.25) is 18.6 Å². The first-order valence-corrected chi connectivity index (χ1v) is 33.7. The van der Waals surface area contributed by atoms with Gasteiger partial charge in [-0.15, -0.1) is 0 Å². The predicted octanol–water partition coefficient (Wildman–Crippen LogP) is 20.4. The Morgan fingerprint density at radius 1 is 0.397 bits per heavy atom. The molecule has 2 atom stereocenters. The van der Waals surface area contributed by atoms with E-state index in [0.717, 1.165) is 44.9 Å². The maximum absolute atomic E-state index is 12.7. The minimum absolute atomic E-state index is 0.0560. The summed E-state index contributed by atoms with van der Waals surface area (Å²) in [5, 5.41) is 0. The van der Waals surface area contributed by atoms with Crippen LogP contribution in [0.1, 0.15) is 348 Å². The van der Waals surface area contributed by atoms with E-state index in [1.165, 1.54) is 270 Å². The van der Waals surface area contributed by atoms with Crippen molar-refractivity contribution < 1.29 is 37.6 Å². The van der Waals surface area contributed by atoms with E-state index in [-0.39, 0.29) is 38.6 Å². The van der Waals surface area contributed by atoms with Crippen LogP contribution in [0.3, 0.4) is 0 Å². The van der Waals surface area contributed by atoms with Crippen molar-refractivity contribution in [2.45, 2.75) is 354 Å². The first-order chi connectivity index (χ1) is 35.8. The highest BCUT2D eigenvalue weighted by Crippen LogP contribution is 2.43. The summed E-state index contributed by atoms with van der Waals surface area (Å²) in [7, 11) is -4.38.